The Kier molecular flexibility index (Phi) is 11.3. The molecule has 4 rings (SSSR count). The molecule has 192 valence electrons. The van der Waals surface area contributed by atoms with Crippen LogP contribution in [0, 0.1) is 0 Å². The molecule has 4 aromatic rings. The van der Waals surface area contributed by atoms with E-state index < -0.39 is 30.6 Å². The van der Waals surface area contributed by atoms with E-state index in [1.54, 1.807) is 0 Å². The zero-order valence-electron chi connectivity index (χ0n) is 24.0. The third-order valence-corrected chi connectivity index (χ3v) is 20.8. The summed E-state index contributed by atoms with van der Waals surface area (Å²) in [4.78, 5) is 0. The van der Waals surface area contributed by atoms with Gasteiger partial charge in [0.15, 0.2) is 7.05 Å². The summed E-state index contributed by atoms with van der Waals surface area (Å²) in [7, 11) is -8.12. The van der Waals surface area contributed by atoms with E-state index in [9.17, 15) is 0 Å². The second-order valence-electron chi connectivity index (χ2n) is 11.5. The molecule has 2 nitrogen and oxygen atoms in total. The molecule has 7 heteroatoms. The van der Waals surface area contributed by atoms with Crippen LogP contribution in [-0.4, -0.2) is 22.0 Å². The fourth-order valence-corrected chi connectivity index (χ4v) is 23.4. The molecule has 1 N–H and O–H groups in total. The van der Waals surface area contributed by atoms with Crippen LogP contribution < -0.4 is 77.0 Å². The molecule has 0 unspecified atom stereocenters. The minimum Gasteiger partial charge on any atom is -0.631 e. The smallest absolute Gasteiger partial charge is 0.631 e. The van der Waals surface area contributed by atoms with Crippen LogP contribution in [0.2, 0.25) is 39.3 Å². The molecule has 0 heterocycles. The topological polar surface area (TPSA) is 28.1 Å². The standard InChI is InChI=1S/C31H39N2P2Si2.K/c1-36(2,3)32-34(28-19-11-7-12-20-28,29-21-13-8-14-22-29)27-35(33-37(4,5)6,30-23-15-9-16-24-30)31-25-17-10-18-26-31;/h7-27H,1-6H3;/q-1;+1/p+1. The molecule has 0 atom stereocenters. The van der Waals surface area contributed by atoms with Gasteiger partial charge in [-0.3, -0.25) is 0 Å². The zero-order chi connectivity index (χ0) is 26.6. The molecule has 0 bridgehead atoms. The van der Waals surface area contributed by atoms with Gasteiger partial charge in [-0.2, -0.15) is 0 Å². The largest absolute Gasteiger partial charge is 1.00 e. The van der Waals surface area contributed by atoms with Gasteiger partial charge < -0.3 is 9.16 Å². The summed E-state index contributed by atoms with van der Waals surface area (Å²) in [6.07, 6.45) is 0. The van der Waals surface area contributed by atoms with Crippen LogP contribution in [-0.2, 0) is 0 Å². The average Bonchev–Trinajstić information content (AvgIpc) is 2.88. The van der Waals surface area contributed by atoms with Crippen molar-refractivity contribution in [1.29, 1.82) is 0 Å². The summed E-state index contributed by atoms with van der Waals surface area (Å²) < 4.78 is 10.3. The van der Waals surface area contributed by atoms with E-state index in [-0.39, 0.29) is 51.4 Å². The Bertz CT molecular complexity index is 1330. The summed E-state index contributed by atoms with van der Waals surface area (Å²) in [6.45, 7) is 14.4. The van der Waals surface area contributed by atoms with Crippen LogP contribution in [0.25, 0.3) is 4.75 Å². The quantitative estimate of drug-likeness (QED) is 0.239. The van der Waals surface area contributed by atoms with Gasteiger partial charge in [-0.25, -0.2) is 0 Å². The van der Waals surface area contributed by atoms with Crippen LogP contribution in [0.1, 0.15) is 0 Å². The van der Waals surface area contributed by atoms with E-state index in [1.807, 2.05) is 0 Å². The molecule has 0 radical (unpaired) electrons. The fraction of sp³-hybridized carbons (Fsp3) is 0.194. The third kappa shape index (κ3) is 7.79. The van der Waals surface area contributed by atoms with Crippen molar-refractivity contribution >= 4 is 57.3 Å². The maximum Gasteiger partial charge on any atom is 1.00 e. The predicted octanol–water partition coefficient (Wildman–Crippen LogP) is 3.31. The van der Waals surface area contributed by atoms with Gasteiger partial charge in [-0.1, -0.05) is 125 Å². The summed E-state index contributed by atoms with van der Waals surface area (Å²) in [6, 6.07) is 44.5. The van der Waals surface area contributed by atoms with Crippen molar-refractivity contribution in [1.82, 2.24) is 0 Å². The fourth-order valence-electron chi connectivity index (χ4n) is 4.75. The van der Waals surface area contributed by atoms with E-state index in [0.717, 1.165) is 0 Å². The van der Waals surface area contributed by atoms with Gasteiger partial charge in [0.25, 0.3) is 0 Å². The van der Waals surface area contributed by atoms with Gasteiger partial charge in [0.1, 0.15) is 0 Å². The van der Waals surface area contributed by atoms with Crippen molar-refractivity contribution in [2.75, 3.05) is 0 Å². The number of rotatable bonds is 8. The van der Waals surface area contributed by atoms with E-state index >= 15 is 0 Å². The zero-order valence-corrected chi connectivity index (χ0v) is 30.9. The number of hydrogen-bond acceptors (Lipinski definition) is 0. The Balaban J connectivity index is 0.00000400. The molecule has 0 amide bonds. The van der Waals surface area contributed by atoms with Crippen molar-refractivity contribution in [2.45, 2.75) is 39.3 Å². The Morgan fingerprint density at radius 2 is 0.842 bits per heavy atom. The summed E-state index contributed by atoms with van der Waals surface area (Å²) in [5.41, 5.74) is 2.74. The molecular weight excluding hydrogens is 558 g/mol. The van der Waals surface area contributed by atoms with Crippen LogP contribution in [0.15, 0.2) is 121 Å². The molecule has 0 aliphatic carbocycles. The summed E-state index contributed by atoms with van der Waals surface area (Å²) in [5, 5.41) is 5.39. The molecular formula is C31H40KN2P2Si2+. The van der Waals surface area contributed by atoms with Crippen LogP contribution in [0.3, 0.4) is 0 Å². The van der Waals surface area contributed by atoms with Gasteiger partial charge >= 0.3 is 59.6 Å². The minimum atomic E-state index is -2.29. The van der Waals surface area contributed by atoms with Gasteiger partial charge in [0, 0.05) is 10.6 Å². The molecule has 0 aromatic heterocycles. The first kappa shape index (κ1) is 32.0. The Morgan fingerprint density at radius 1 is 0.526 bits per heavy atom. The van der Waals surface area contributed by atoms with Gasteiger partial charge in [0.2, 0.25) is 0 Å². The van der Waals surface area contributed by atoms with Crippen molar-refractivity contribution < 1.29 is 55.8 Å². The Hall–Kier alpha value is -0.560. The molecule has 0 spiro atoms. The van der Waals surface area contributed by atoms with Crippen molar-refractivity contribution in [2.24, 2.45) is 0 Å². The van der Waals surface area contributed by atoms with Gasteiger partial charge in [-0.05, 0) is 60.1 Å². The predicted molar refractivity (Wildman–Crippen MR) is 175 cm³/mol. The first-order valence-electron chi connectivity index (χ1n) is 13.0. The SMILES string of the molecule is C[Si](C)(C)[N-]P(=CP(=[NH+][Si](C)(C)C)(c1ccccc1)c1ccccc1)(c1ccccc1)c1ccccc1.[K+]. The van der Waals surface area contributed by atoms with Gasteiger partial charge in [0.05, 0.1) is 0 Å². The van der Waals surface area contributed by atoms with Crippen molar-refractivity contribution in [3.05, 3.63) is 126 Å². The molecule has 0 fully saturated rings. The molecule has 0 aliphatic heterocycles. The Morgan fingerprint density at radius 3 is 1.13 bits per heavy atom. The molecule has 0 saturated heterocycles. The van der Waals surface area contributed by atoms with Gasteiger partial charge in [-0.15, -0.1) is 7.04 Å². The van der Waals surface area contributed by atoms with Crippen molar-refractivity contribution in [3.63, 3.8) is 0 Å². The van der Waals surface area contributed by atoms with E-state index in [4.69, 9.17) is 4.75 Å². The molecule has 4 aromatic carbocycles. The maximum absolute atomic E-state index is 5.94. The third-order valence-electron chi connectivity index (χ3n) is 5.94. The molecule has 38 heavy (non-hydrogen) atoms. The Labute approximate surface area is 275 Å². The number of hydrogen-bond donors (Lipinski definition) is 1. The molecule has 0 aliphatic rings. The van der Waals surface area contributed by atoms with Crippen LogP contribution in [0.5, 0.6) is 0 Å². The molecule has 0 saturated carbocycles. The maximum atomic E-state index is 5.94. The monoisotopic (exact) mass is 597 g/mol. The van der Waals surface area contributed by atoms with Crippen LogP contribution >= 0.6 is 14.1 Å². The number of nitrogens with one attached hydrogen (secondary N) is 1. The summed E-state index contributed by atoms with van der Waals surface area (Å²) >= 11 is 0. The van der Waals surface area contributed by atoms with Crippen LogP contribution in [0.4, 0.5) is 0 Å². The first-order chi connectivity index (χ1) is 17.5. The second-order valence-corrected chi connectivity index (χ2v) is 27.8. The van der Waals surface area contributed by atoms with E-state index in [0.29, 0.717) is 0 Å². The van der Waals surface area contributed by atoms with E-state index in [2.05, 4.69) is 171 Å². The number of nitrogens with zero attached hydrogens (tertiary/aromatic N) is 1. The average molecular weight is 598 g/mol. The summed E-state index contributed by atoms with van der Waals surface area (Å²) in [5.74, 6) is 0. The normalized spacial score (nSPS) is 12.4. The second kappa shape index (κ2) is 13.4. The van der Waals surface area contributed by atoms with E-state index in [1.165, 1.54) is 21.2 Å². The van der Waals surface area contributed by atoms with Crippen molar-refractivity contribution in [3.8, 4) is 0 Å². The first-order valence-corrected chi connectivity index (χ1v) is 23.6. The number of benzene rings is 4. The minimum absolute atomic E-state index is 0.